The lowest BCUT2D eigenvalue weighted by Gasteiger charge is -2.18. The number of carbonyl (C=O) groups is 1. The minimum absolute atomic E-state index is 0.0398. The van der Waals surface area contributed by atoms with Crippen molar-refractivity contribution in [1.82, 2.24) is 14.9 Å². The molecular weight excluding hydrogens is 510 g/mol. The lowest BCUT2D eigenvalue weighted by molar-refractivity contribution is -0.385. The van der Waals surface area contributed by atoms with E-state index in [4.69, 9.17) is 4.74 Å². The van der Waals surface area contributed by atoms with Gasteiger partial charge in [0.15, 0.2) is 5.75 Å². The monoisotopic (exact) mass is 529 g/mol. The molecule has 1 saturated heterocycles. The molecule has 0 saturated carbocycles. The van der Waals surface area contributed by atoms with E-state index in [0.29, 0.717) is 25.5 Å². The summed E-state index contributed by atoms with van der Waals surface area (Å²) in [6, 6.07) is 3.78. The van der Waals surface area contributed by atoms with Gasteiger partial charge >= 0.3 is 5.69 Å². The van der Waals surface area contributed by atoms with E-state index in [1.165, 1.54) is 18.2 Å². The van der Waals surface area contributed by atoms with E-state index in [2.05, 4.69) is 35.4 Å². The molecule has 1 aliphatic rings. The normalized spacial score (nSPS) is 16.1. The fraction of sp³-hybridized carbons (Fsp3) is 0.389. The quantitative estimate of drug-likeness (QED) is 0.220. The predicted molar refractivity (Wildman–Crippen MR) is 117 cm³/mol. The molecule has 0 bridgehead atoms. The van der Waals surface area contributed by atoms with Gasteiger partial charge < -0.3 is 15.0 Å². The number of aromatic nitrogens is 2. The summed E-state index contributed by atoms with van der Waals surface area (Å²) < 4.78 is 32.7. The molecule has 0 spiro atoms. The molecule has 1 aromatic carbocycles. The number of nitrogens with one attached hydrogen (secondary N) is 1. The van der Waals surface area contributed by atoms with Crippen molar-refractivity contribution < 1.29 is 27.1 Å². The smallest absolute Gasteiger partial charge is 0.310 e. The van der Waals surface area contributed by atoms with Crippen molar-refractivity contribution in [2.75, 3.05) is 37.9 Å². The van der Waals surface area contributed by atoms with Crippen LogP contribution in [0, 0.1) is 10.1 Å². The zero-order valence-electron chi connectivity index (χ0n) is 16.9. The van der Waals surface area contributed by atoms with Crippen LogP contribution in [0.2, 0.25) is 0 Å². The van der Waals surface area contributed by atoms with Crippen molar-refractivity contribution in [2.45, 2.75) is 12.5 Å². The molecule has 1 fully saturated rings. The van der Waals surface area contributed by atoms with Gasteiger partial charge in [-0.3, -0.25) is 19.1 Å². The van der Waals surface area contributed by atoms with E-state index < -0.39 is 15.0 Å². The van der Waals surface area contributed by atoms with Crippen LogP contribution < -0.4 is 10.1 Å². The Morgan fingerprint density at radius 2 is 2.06 bits per heavy atom. The highest BCUT2D eigenvalue weighted by atomic mass is 79.9. The van der Waals surface area contributed by atoms with Crippen LogP contribution in [0.5, 0.6) is 5.75 Å². The number of nitro benzene ring substituents is 1. The standard InChI is InChI=1S/C18H20BrN5O7S/c1-32(28,29)31-7-6-30-16-8-12(2-3-15(16)24(26)27)17(25)23-5-4-14(11-23)22-18-20-9-13(19)10-21-18/h2-3,8-10,14H,4-7,11H2,1H3,(H,20,21,22)/t14-/m0/s1. The maximum atomic E-state index is 12.9. The van der Waals surface area contributed by atoms with Crippen molar-refractivity contribution in [3.8, 4) is 5.75 Å². The Morgan fingerprint density at radius 1 is 1.34 bits per heavy atom. The minimum Gasteiger partial charge on any atom is -0.484 e. The summed E-state index contributed by atoms with van der Waals surface area (Å²) in [6.45, 7) is 0.344. The van der Waals surface area contributed by atoms with Crippen LogP contribution in [0.25, 0.3) is 0 Å². The first-order chi connectivity index (χ1) is 15.1. The Labute approximate surface area is 192 Å². The fourth-order valence-electron chi connectivity index (χ4n) is 3.07. The van der Waals surface area contributed by atoms with Gasteiger partial charge in [-0.25, -0.2) is 9.97 Å². The Morgan fingerprint density at radius 3 is 2.72 bits per heavy atom. The van der Waals surface area contributed by atoms with Crippen LogP contribution in [-0.2, 0) is 14.3 Å². The lowest BCUT2D eigenvalue weighted by atomic mass is 10.1. The molecule has 1 aliphatic heterocycles. The maximum Gasteiger partial charge on any atom is 0.310 e. The van der Waals surface area contributed by atoms with Crippen molar-refractivity contribution in [3.05, 3.63) is 50.7 Å². The van der Waals surface area contributed by atoms with Crippen molar-refractivity contribution in [3.63, 3.8) is 0 Å². The molecule has 2 heterocycles. The molecule has 1 N–H and O–H groups in total. The van der Waals surface area contributed by atoms with Crippen molar-refractivity contribution in [1.29, 1.82) is 0 Å². The summed E-state index contributed by atoms with van der Waals surface area (Å²) in [5.41, 5.74) is -0.121. The first-order valence-corrected chi connectivity index (χ1v) is 12.0. The number of hydrogen-bond donors (Lipinski definition) is 1. The van der Waals surface area contributed by atoms with Gasteiger partial charge in [-0.15, -0.1) is 0 Å². The maximum absolute atomic E-state index is 12.9. The number of rotatable bonds is 9. The number of ether oxygens (including phenoxy) is 1. The van der Waals surface area contributed by atoms with Gasteiger partial charge in [-0.05, 0) is 28.4 Å². The number of carbonyl (C=O) groups excluding carboxylic acids is 1. The summed E-state index contributed by atoms with van der Waals surface area (Å²) in [5, 5.41) is 14.4. The van der Waals surface area contributed by atoms with Gasteiger partial charge in [0.1, 0.15) is 13.2 Å². The summed E-state index contributed by atoms with van der Waals surface area (Å²) in [4.78, 5) is 33.5. The number of halogens is 1. The molecule has 0 unspecified atom stereocenters. The Kier molecular flexibility index (Phi) is 7.58. The highest BCUT2D eigenvalue weighted by Gasteiger charge is 2.28. The fourth-order valence-corrected chi connectivity index (χ4v) is 3.64. The zero-order chi connectivity index (χ0) is 23.3. The van der Waals surface area contributed by atoms with Crippen molar-refractivity contribution in [2.24, 2.45) is 0 Å². The third-order valence-electron chi connectivity index (χ3n) is 4.47. The van der Waals surface area contributed by atoms with E-state index in [9.17, 15) is 23.3 Å². The summed E-state index contributed by atoms with van der Waals surface area (Å²) in [5.74, 6) is 0.00285. The number of likely N-dealkylation sites (tertiary alicyclic amines) is 1. The lowest BCUT2D eigenvalue weighted by Crippen LogP contribution is -2.31. The van der Waals surface area contributed by atoms with Crippen LogP contribution in [0.15, 0.2) is 35.1 Å². The first-order valence-electron chi connectivity index (χ1n) is 9.41. The Bertz CT molecular complexity index is 1100. The molecule has 14 heteroatoms. The summed E-state index contributed by atoms with van der Waals surface area (Å²) >= 11 is 3.27. The Hall–Kier alpha value is -2.84. The third kappa shape index (κ3) is 6.58. The molecule has 1 amide bonds. The van der Waals surface area contributed by atoms with E-state index >= 15 is 0 Å². The van der Waals surface area contributed by atoms with Gasteiger partial charge in [0.25, 0.3) is 16.0 Å². The molecule has 0 aliphatic carbocycles. The second-order valence-electron chi connectivity index (χ2n) is 6.92. The summed E-state index contributed by atoms with van der Waals surface area (Å²) in [7, 11) is -3.66. The average molecular weight is 530 g/mol. The van der Waals surface area contributed by atoms with Crippen LogP contribution >= 0.6 is 15.9 Å². The number of benzene rings is 1. The van der Waals surface area contributed by atoms with E-state index in [1.807, 2.05) is 0 Å². The molecule has 2 aromatic rings. The topological polar surface area (TPSA) is 154 Å². The molecule has 1 atom stereocenters. The molecule has 172 valence electrons. The van der Waals surface area contributed by atoms with Crippen LogP contribution in [0.3, 0.4) is 0 Å². The van der Waals surface area contributed by atoms with Crippen LogP contribution in [0.4, 0.5) is 11.6 Å². The number of nitrogens with zero attached hydrogens (tertiary/aromatic N) is 4. The zero-order valence-corrected chi connectivity index (χ0v) is 19.3. The van der Waals surface area contributed by atoms with Crippen LogP contribution in [0.1, 0.15) is 16.8 Å². The number of hydrogen-bond acceptors (Lipinski definition) is 10. The minimum atomic E-state index is -3.66. The van der Waals surface area contributed by atoms with E-state index in [-0.39, 0.29) is 42.2 Å². The molecule has 3 rings (SSSR count). The van der Waals surface area contributed by atoms with Gasteiger partial charge in [-0.2, -0.15) is 8.42 Å². The average Bonchev–Trinajstić information content (AvgIpc) is 3.20. The van der Waals surface area contributed by atoms with E-state index in [0.717, 1.165) is 10.7 Å². The summed E-state index contributed by atoms with van der Waals surface area (Å²) in [6.07, 6.45) is 4.80. The third-order valence-corrected chi connectivity index (χ3v) is 5.48. The highest BCUT2D eigenvalue weighted by Crippen LogP contribution is 2.29. The van der Waals surface area contributed by atoms with Crippen LogP contribution in [-0.4, -0.2) is 72.7 Å². The highest BCUT2D eigenvalue weighted by molar-refractivity contribution is 9.10. The molecule has 32 heavy (non-hydrogen) atoms. The largest absolute Gasteiger partial charge is 0.484 e. The second-order valence-corrected chi connectivity index (χ2v) is 9.48. The van der Waals surface area contributed by atoms with Crippen molar-refractivity contribution >= 4 is 43.6 Å². The molecule has 1 aromatic heterocycles. The van der Waals surface area contributed by atoms with E-state index in [1.54, 1.807) is 17.3 Å². The predicted octanol–water partition coefficient (Wildman–Crippen LogP) is 1.83. The number of anilines is 1. The van der Waals surface area contributed by atoms with Gasteiger partial charge in [0, 0.05) is 49.2 Å². The SMILES string of the molecule is CS(=O)(=O)OCCOc1cc(C(=O)N2CC[C@H](Nc3ncc(Br)cn3)C2)ccc1[N+](=O)[O-]. The molecular formula is C18H20BrN5O7S. The second kappa shape index (κ2) is 10.2. The van der Waals surface area contributed by atoms with Gasteiger partial charge in [0.05, 0.1) is 15.7 Å². The number of amides is 1. The Balaban J connectivity index is 1.65. The van der Waals surface area contributed by atoms with Gasteiger partial charge in [-0.1, -0.05) is 0 Å². The number of nitro groups is 1. The van der Waals surface area contributed by atoms with Gasteiger partial charge in [0.2, 0.25) is 5.95 Å². The molecule has 12 nitrogen and oxygen atoms in total. The molecule has 0 radical (unpaired) electrons. The first kappa shape index (κ1) is 23.8.